The summed E-state index contributed by atoms with van der Waals surface area (Å²) in [5.74, 6) is -0.562. The second-order valence-corrected chi connectivity index (χ2v) is 6.79. The molecule has 7 heteroatoms. The third-order valence-electron chi connectivity index (χ3n) is 3.19. The van der Waals surface area contributed by atoms with Crippen molar-refractivity contribution in [2.45, 2.75) is 71.1 Å². The van der Waals surface area contributed by atoms with E-state index < -0.39 is 15.9 Å². The van der Waals surface area contributed by atoms with Gasteiger partial charge in [-0.1, -0.05) is 58.3 Å². The molecule has 0 fully saturated rings. The van der Waals surface area contributed by atoms with Crippen LogP contribution in [0.4, 0.5) is 0 Å². The van der Waals surface area contributed by atoms with Gasteiger partial charge in [-0.25, -0.2) is 0 Å². The molecule has 0 aromatic heterocycles. The van der Waals surface area contributed by atoms with Crippen molar-refractivity contribution >= 4 is 53.8 Å². The van der Waals surface area contributed by atoms with E-state index >= 15 is 0 Å². The monoisotopic (exact) mass is 349 g/mol. The molecule has 0 aliphatic heterocycles. The zero-order chi connectivity index (χ0) is 15.3. The first kappa shape index (κ1) is 23.9. The third-order valence-corrected chi connectivity index (χ3v) is 3.91. The Hall–Kier alpha value is 0.640. The molecule has 0 saturated heterocycles. The summed E-state index contributed by atoms with van der Waals surface area (Å²) >= 11 is 0. The van der Waals surface area contributed by atoms with E-state index in [0.29, 0.717) is 6.42 Å². The number of unbranched alkanes of at least 4 members (excludes halogenated alkanes) is 8. The van der Waals surface area contributed by atoms with Gasteiger partial charge < -0.3 is 5.32 Å². The summed E-state index contributed by atoms with van der Waals surface area (Å²) in [6, 6.07) is 0. The van der Waals surface area contributed by atoms with E-state index in [9.17, 15) is 13.2 Å². The average molecular weight is 350 g/mol. The molecule has 0 rings (SSSR count). The Morgan fingerprint density at radius 3 is 1.90 bits per heavy atom. The van der Waals surface area contributed by atoms with Crippen molar-refractivity contribution in [1.29, 1.82) is 0 Å². The van der Waals surface area contributed by atoms with Crippen molar-refractivity contribution in [3.05, 3.63) is 0 Å². The van der Waals surface area contributed by atoms with Crippen LogP contribution in [0.3, 0.4) is 0 Å². The minimum absolute atomic E-state index is 0. The van der Waals surface area contributed by atoms with Crippen molar-refractivity contribution in [1.82, 2.24) is 5.32 Å². The molecular formula is C14H31CaNO4S. The molecule has 5 nitrogen and oxygen atoms in total. The van der Waals surface area contributed by atoms with E-state index in [2.05, 4.69) is 12.2 Å². The molecule has 0 aliphatic rings. The number of carbonyl (C=O) groups excluding carboxylic acids is 1. The maximum atomic E-state index is 11.3. The Morgan fingerprint density at radius 2 is 1.43 bits per heavy atom. The molecule has 0 spiro atoms. The summed E-state index contributed by atoms with van der Waals surface area (Å²) in [7, 11) is -3.98. The number of hydrogen-bond acceptors (Lipinski definition) is 3. The summed E-state index contributed by atoms with van der Waals surface area (Å²) < 4.78 is 29.4. The van der Waals surface area contributed by atoms with Crippen molar-refractivity contribution in [3.8, 4) is 0 Å². The van der Waals surface area contributed by atoms with Crippen molar-refractivity contribution in [3.63, 3.8) is 0 Å². The Bertz CT molecular complexity index is 347. The number of amides is 1. The van der Waals surface area contributed by atoms with Gasteiger partial charge in [0.25, 0.3) is 10.1 Å². The third kappa shape index (κ3) is 20.6. The van der Waals surface area contributed by atoms with Gasteiger partial charge in [-0.3, -0.25) is 9.35 Å². The summed E-state index contributed by atoms with van der Waals surface area (Å²) in [6.45, 7) is 2.19. The van der Waals surface area contributed by atoms with E-state index in [1.54, 1.807) is 0 Å². The van der Waals surface area contributed by atoms with Gasteiger partial charge in [-0.15, -0.1) is 0 Å². The topological polar surface area (TPSA) is 83.5 Å². The Morgan fingerprint density at radius 1 is 0.952 bits per heavy atom. The molecule has 21 heavy (non-hydrogen) atoms. The van der Waals surface area contributed by atoms with E-state index in [4.69, 9.17) is 4.55 Å². The Kier molecular flexibility index (Phi) is 17.7. The molecule has 1 amide bonds. The van der Waals surface area contributed by atoms with Crippen LogP contribution in [0.15, 0.2) is 0 Å². The fraction of sp³-hybridized carbons (Fsp3) is 0.929. The van der Waals surface area contributed by atoms with Crippen molar-refractivity contribution < 1.29 is 17.8 Å². The van der Waals surface area contributed by atoms with Gasteiger partial charge in [0.1, 0.15) is 0 Å². The van der Waals surface area contributed by atoms with Crippen LogP contribution in [-0.4, -0.2) is 68.9 Å². The molecule has 124 valence electrons. The first-order valence-electron chi connectivity index (χ1n) is 7.67. The zero-order valence-electron chi connectivity index (χ0n) is 12.6. The van der Waals surface area contributed by atoms with Gasteiger partial charge in [-0.05, 0) is 6.42 Å². The summed E-state index contributed by atoms with van der Waals surface area (Å²) in [6.07, 6.45) is 11.2. The first-order chi connectivity index (χ1) is 9.45. The normalized spacial score (nSPS) is 11.0. The van der Waals surface area contributed by atoms with Crippen LogP contribution in [0.1, 0.15) is 71.1 Å². The van der Waals surface area contributed by atoms with Gasteiger partial charge in [-0.2, -0.15) is 8.42 Å². The number of hydrogen-bond donors (Lipinski definition) is 2. The van der Waals surface area contributed by atoms with Crippen LogP contribution in [0, 0.1) is 0 Å². The van der Waals surface area contributed by atoms with E-state index in [0.717, 1.165) is 19.3 Å². The second kappa shape index (κ2) is 15.5. The second-order valence-electron chi connectivity index (χ2n) is 5.21. The van der Waals surface area contributed by atoms with Crippen LogP contribution in [-0.2, 0) is 14.9 Å². The quantitative estimate of drug-likeness (QED) is 0.303. The summed E-state index contributed by atoms with van der Waals surface area (Å²) in [5, 5.41) is 2.49. The average Bonchev–Trinajstić information content (AvgIpc) is 2.35. The standard InChI is InChI=1S/C14H29NO4S.Ca.2H/c1-2-3-4-5-6-7-8-9-10-11-14(16)15-12-13-20(17,18)19;;;/h2-13H2,1H3,(H,15,16)(H,17,18,19);;;. The van der Waals surface area contributed by atoms with Gasteiger partial charge in [0.05, 0.1) is 5.75 Å². The zero-order valence-corrected chi connectivity index (χ0v) is 13.4. The van der Waals surface area contributed by atoms with Crippen molar-refractivity contribution in [2.24, 2.45) is 0 Å². The maximum absolute atomic E-state index is 11.3. The number of rotatable bonds is 13. The van der Waals surface area contributed by atoms with Crippen LogP contribution in [0.2, 0.25) is 0 Å². The fourth-order valence-electron chi connectivity index (χ4n) is 2.00. The van der Waals surface area contributed by atoms with Crippen LogP contribution >= 0.6 is 0 Å². The predicted octanol–water partition coefficient (Wildman–Crippen LogP) is 2.00. The van der Waals surface area contributed by atoms with Crippen LogP contribution < -0.4 is 5.32 Å². The van der Waals surface area contributed by atoms with Gasteiger partial charge in [0, 0.05) is 13.0 Å². The molecular weight excluding hydrogens is 318 g/mol. The molecule has 0 bridgehead atoms. The van der Waals surface area contributed by atoms with Gasteiger partial charge in [0.2, 0.25) is 5.91 Å². The van der Waals surface area contributed by atoms with E-state index in [1.807, 2.05) is 0 Å². The molecule has 2 N–H and O–H groups in total. The molecule has 0 radical (unpaired) electrons. The fourth-order valence-corrected chi connectivity index (χ4v) is 2.36. The predicted molar refractivity (Wildman–Crippen MR) is 89.8 cm³/mol. The molecule has 0 aromatic rings. The van der Waals surface area contributed by atoms with Crippen LogP contribution in [0.25, 0.3) is 0 Å². The molecule has 0 aliphatic carbocycles. The van der Waals surface area contributed by atoms with E-state index in [1.165, 1.54) is 38.5 Å². The number of nitrogens with one attached hydrogen (secondary N) is 1. The van der Waals surface area contributed by atoms with Gasteiger partial charge in [0.15, 0.2) is 0 Å². The Balaban J connectivity index is 0. The molecule has 0 aromatic carbocycles. The molecule has 0 unspecified atom stereocenters. The number of carbonyl (C=O) groups is 1. The van der Waals surface area contributed by atoms with Crippen LogP contribution in [0.5, 0.6) is 0 Å². The first-order valence-corrected chi connectivity index (χ1v) is 9.28. The molecule has 0 saturated carbocycles. The minimum atomic E-state index is -3.98. The Labute approximate surface area is 159 Å². The van der Waals surface area contributed by atoms with Gasteiger partial charge >= 0.3 is 37.7 Å². The SMILES string of the molecule is CCCCCCCCCCCC(=O)NCCS(=O)(=O)O.[CaH2]. The molecule has 0 atom stereocenters. The molecule has 0 heterocycles. The van der Waals surface area contributed by atoms with Crippen molar-refractivity contribution in [2.75, 3.05) is 12.3 Å². The summed E-state index contributed by atoms with van der Waals surface area (Å²) in [4.78, 5) is 11.3. The summed E-state index contributed by atoms with van der Waals surface area (Å²) in [5.41, 5.74) is 0. The van der Waals surface area contributed by atoms with E-state index in [-0.39, 0.29) is 50.2 Å².